The van der Waals surface area contributed by atoms with Crippen molar-refractivity contribution < 1.29 is 19.7 Å². The zero-order chi connectivity index (χ0) is 17.1. The maximum absolute atomic E-state index is 12.1. The number of ether oxygens (including phenoxy) is 1. The van der Waals surface area contributed by atoms with Crippen molar-refractivity contribution in [2.75, 3.05) is 6.61 Å². The number of phenolic OH excluding ortho intramolecular Hbond substituents is 1. The van der Waals surface area contributed by atoms with Crippen molar-refractivity contribution in [1.29, 1.82) is 0 Å². The van der Waals surface area contributed by atoms with Crippen LogP contribution in [-0.4, -0.2) is 32.2 Å². The van der Waals surface area contributed by atoms with Gasteiger partial charge in [-0.15, -0.1) is 10.2 Å². The molecule has 0 amide bonds. The first-order valence-corrected chi connectivity index (χ1v) is 7.18. The number of nitrogens with zero attached hydrogens (tertiary/aromatic N) is 4. The topological polar surface area (TPSA) is 109 Å². The van der Waals surface area contributed by atoms with Crippen LogP contribution in [0.1, 0.15) is 17.4 Å². The Bertz CT molecular complexity index is 933. The number of carbonyl (C=O) groups is 1. The summed E-state index contributed by atoms with van der Waals surface area (Å²) in [5, 5.41) is 27.6. The molecule has 0 atom stereocenters. The van der Waals surface area contributed by atoms with Gasteiger partial charge in [0.2, 0.25) is 0 Å². The summed E-state index contributed by atoms with van der Waals surface area (Å²) in [6, 6.07) is 9.43. The normalized spacial score (nSPS) is 11.2. The lowest BCUT2D eigenvalue weighted by Gasteiger charge is -2.00. The molecule has 0 aliphatic carbocycles. The number of aromatic hydroxyl groups is 2. The van der Waals surface area contributed by atoms with Crippen LogP contribution in [0, 0.1) is 0 Å². The minimum atomic E-state index is -0.674. The van der Waals surface area contributed by atoms with Gasteiger partial charge in [-0.1, -0.05) is 12.1 Å². The van der Waals surface area contributed by atoms with E-state index in [0.717, 1.165) is 0 Å². The lowest BCUT2D eigenvalue weighted by molar-refractivity contribution is 0.0521. The Kier molecular flexibility index (Phi) is 4.11. The van der Waals surface area contributed by atoms with E-state index in [1.54, 1.807) is 37.4 Å². The summed E-state index contributed by atoms with van der Waals surface area (Å²) >= 11 is 0. The van der Waals surface area contributed by atoms with Crippen molar-refractivity contribution in [3.8, 4) is 11.5 Å². The Morgan fingerprint density at radius 1 is 1.17 bits per heavy atom. The number of azo groups is 1. The molecule has 8 heteroatoms. The average Bonchev–Trinajstić information content (AvgIpc) is 2.95. The standard InChI is InChI=1S/C16H14N4O4/c1-2-24-16(23)13-15(19-18-10-6-3-4-7-11(10)21)20-9-5-8-12(22)14(20)17-13/h3-9,21-22H,2H2,1H3. The third-order valence-corrected chi connectivity index (χ3v) is 3.21. The zero-order valence-corrected chi connectivity index (χ0v) is 12.7. The van der Waals surface area contributed by atoms with Crippen LogP contribution in [0.3, 0.4) is 0 Å². The number of hydrogen-bond donors (Lipinski definition) is 2. The van der Waals surface area contributed by atoms with Gasteiger partial charge in [0.05, 0.1) is 6.61 Å². The molecule has 3 aromatic rings. The fourth-order valence-corrected chi connectivity index (χ4v) is 2.12. The predicted octanol–water partition coefficient (Wildman–Crippen LogP) is 3.34. The Balaban J connectivity index is 2.14. The fraction of sp³-hybridized carbons (Fsp3) is 0.125. The third kappa shape index (κ3) is 2.76. The number of imidazole rings is 1. The van der Waals surface area contributed by atoms with Crippen molar-refractivity contribution >= 4 is 23.1 Å². The SMILES string of the molecule is CCOC(=O)c1nc2c(O)cccn2c1N=Nc1ccccc1O. The summed E-state index contributed by atoms with van der Waals surface area (Å²) in [4.78, 5) is 16.2. The summed E-state index contributed by atoms with van der Waals surface area (Å²) in [5.41, 5.74) is 0.326. The highest BCUT2D eigenvalue weighted by Crippen LogP contribution is 2.31. The van der Waals surface area contributed by atoms with E-state index in [-0.39, 0.29) is 41.0 Å². The number of hydrogen-bond acceptors (Lipinski definition) is 7. The van der Waals surface area contributed by atoms with Crippen LogP contribution in [0.2, 0.25) is 0 Å². The Labute approximate surface area is 136 Å². The molecule has 0 radical (unpaired) electrons. The van der Waals surface area contributed by atoms with Crippen molar-refractivity contribution in [2.45, 2.75) is 6.92 Å². The molecule has 0 aliphatic heterocycles. The first-order chi connectivity index (χ1) is 11.6. The van der Waals surface area contributed by atoms with Crippen LogP contribution in [0.25, 0.3) is 5.65 Å². The van der Waals surface area contributed by atoms with Gasteiger partial charge in [-0.3, -0.25) is 4.40 Å². The van der Waals surface area contributed by atoms with E-state index in [1.165, 1.54) is 16.5 Å². The number of phenols is 1. The molecule has 0 spiro atoms. The number of rotatable bonds is 4. The van der Waals surface area contributed by atoms with E-state index in [4.69, 9.17) is 4.74 Å². The highest BCUT2D eigenvalue weighted by Gasteiger charge is 2.21. The number of para-hydroxylation sites is 1. The van der Waals surface area contributed by atoms with Gasteiger partial charge in [-0.2, -0.15) is 0 Å². The minimum Gasteiger partial charge on any atom is -0.506 e. The van der Waals surface area contributed by atoms with Crippen LogP contribution in [0.5, 0.6) is 11.5 Å². The monoisotopic (exact) mass is 326 g/mol. The Morgan fingerprint density at radius 3 is 2.67 bits per heavy atom. The van der Waals surface area contributed by atoms with Crippen molar-refractivity contribution in [2.24, 2.45) is 10.2 Å². The number of benzene rings is 1. The van der Waals surface area contributed by atoms with E-state index in [9.17, 15) is 15.0 Å². The third-order valence-electron chi connectivity index (χ3n) is 3.21. The molecule has 0 aliphatic rings. The first-order valence-electron chi connectivity index (χ1n) is 7.18. The summed E-state index contributed by atoms with van der Waals surface area (Å²) in [5.74, 6) is -0.725. The van der Waals surface area contributed by atoms with Gasteiger partial charge >= 0.3 is 5.97 Å². The van der Waals surface area contributed by atoms with Crippen molar-refractivity contribution in [3.05, 3.63) is 48.3 Å². The molecule has 122 valence electrons. The average molecular weight is 326 g/mol. The van der Waals surface area contributed by atoms with Gasteiger partial charge in [0.1, 0.15) is 11.4 Å². The maximum Gasteiger partial charge on any atom is 0.360 e. The molecule has 0 saturated carbocycles. The highest BCUT2D eigenvalue weighted by molar-refractivity contribution is 5.93. The van der Waals surface area contributed by atoms with Crippen LogP contribution in [0.15, 0.2) is 52.8 Å². The number of pyridine rings is 1. The fourth-order valence-electron chi connectivity index (χ4n) is 2.12. The lowest BCUT2D eigenvalue weighted by Crippen LogP contribution is -2.05. The number of esters is 1. The molecule has 3 rings (SSSR count). The van der Waals surface area contributed by atoms with Crippen LogP contribution < -0.4 is 0 Å². The second kappa shape index (κ2) is 6.37. The van der Waals surface area contributed by atoms with Gasteiger partial charge < -0.3 is 14.9 Å². The molecular weight excluding hydrogens is 312 g/mol. The van der Waals surface area contributed by atoms with Crippen LogP contribution >= 0.6 is 0 Å². The van der Waals surface area contributed by atoms with Crippen molar-refractivity contribution in [3.63, 3.8) is 0 Å². The number of aromatic nitrogens is 2. The van der Waals surface area contributed by atoms with E-state index in [2.05, 4.69) is 15.2 Å². The highest BCUT2D eigenvalue weighted by atomic mass is 16.5. The molecule has 2 aromatic heterocycles. The van der Waals surface area contributed by atoms with Gasteiger partial charge in [0.25, 0.3) is 0 Å². The molecule has 0 saturated heterocycles. The second-order valence-electron chi connectivity index (χ2n) is 4.78. The molecular formula is C16H14N4O4. The largest absolute Gasteiger partial charge is 0.506 e. The zero-order valence-electron chi connectivity index (χ0n) is 12.7. The van der Waals surface area contributed by atoms with E-state index in [1.807, 2.05) is 0 Å². The molecule has 0 fully saturated rings. The second-order valence-corrected chi connectivity index (χ2v) is 4.78. The smallest absolute Gasteiger partial charge is 0.360 e. The molecule has 8 nitrogen and oxygen atoms in total. The van der Waals surface area contributed by atoms with E-state index < -0.39 is 5.97 Å². The van der Waals surface area contributed by atoms with Gasteiger partial charge in [-0.05, 0) is 31.2 Å². The molecule has 24 heavy (non-hydrogen) atoms. The Morgan fingerprint density at radius 2 is 1.92 bits per heavy atom. The summed E-state index contributed by atoms with van der Waals surface area (Å²) in [7, 11) is 0. The quantitative estimate of drug-likeness (QED) is 0.564. The molecule has 1 aromatic carbocycles. The van der Waals surface area contributed by atoms with E-state index in [0.29, 0.717) is 0 Å². The molecule has 0 bridgehead atoms. The summed E-state index contributed by atoms with van der Waals surface area (Å²) < 4.78 is 6.39. The Hall–Kier alpha value is -3.42. The lowest BCUT2D eigenvalue weighted by atomic mass is 10.3. The summed E-state index contributed by atoms with van der Waals surface area (Å²) in [6.45, 7) is 1.85. The van der Waals surface area contributed by atoms with Gasteiger partial charge in [0, 0.05) is 6.20 Å². The number of fused-ring (bicyclic) bond motifs is 1. The minimum absolute atomic E-state index is 0.0457. The van der Waals surface area contributed by atoms with Gasteiger partial charge in [0.15, 0.2) is 22.9 Å². The van der Waals surface area contributed by atoms with Gasteiger partial charge in [-0.25, -0.2) is 9.78 Å². The summed E-state index contributed by atoms with van der Waals surface area (Å²) in [6.07, 6.45) is 1.59. The van der Waals surface area contributed by atoms with Crippen molar-refractivity contribution in [1.82, 2.24) is 9.38 Å². The predicted molar refractivity (Wildman–Crippen MR) is 85.1 cm³/mol. The van der Waals surface area contributed by atoms with E-state index >= 15 is 0 Å². The number of carbonyl (C=O) groups excluding carboxylic acids is 1. The molecule has 2 heterocycles. The molecule has 2 N–H and O–H groups in total. The maximum atomic E-state index is 12.1. The molecule has 0 unspecified atom stereocenters. The van der Waals surface area contributed by atoms with Crippen LogP contribution in [-0.2, 0) is 4.74 Å². The first kappa shape index (κ1) is 15.5. The van der Waals surface area contributed by atoms with Crippen LogP contribution in [0.4, 0.5) is 11.5 Å².